The molecule has 0 aromatic heterocycles. The Balaban J connectivity index is 2.32. The summed E-state index contributed by atoms with van der Waals surface area (Å²) in [6.45, 7) is 4.35. The summed E-state index contributed by atoms with van der Waals surface area (Å²) in [6.07, 6.45) is 0. The molecule has 0 saturated carbocycles. The van der Waals surface area contributed by atoms with Crippen molar-refractivity contribution in [3.63, 3.8) is 0 Å². The Bertz CT molecular complexity index is 394. The average Bonchev–Trinajstić information content (AvgIpc) is 2.33. The van der Waals surface area contributed by atoms with Gasteiger partial charge in [-0.15, -0.1) is 0 Å². The minimum Gasteiger partial charge on any atom is -0.399 e. The van der Waals surface area contributed by atoms with Crippen LogP contribution in [0, 0.1) is 6.92 Å². The lowest BCUT2D eigenvalue weighted by atomic mass is 10.1. The maximum Gasteiger partial charge on any atom is 0.251 e. The second-order valence-corrected chi connectivity index (χ2v) is 4.05. The molecule has 4 N–H and O–H groups in total. The molecule has 0 heterocycles. The van der Waals surface area contributed by atoms with Crippen molar-refractivity contribution in [2.24, 2.45) is 0 Å². The number of benzene rings is 1. The lowest BCUT2D eigenvalue weighted by Gasteiger charge is -2.08. The van der Waals surface area contributed by atoms with Gasteiger partial charge in [-0.05, 0) is 37.7 Å². The highest BCUT2D eigenvalue weighted by Crippen LogP contribution is 2.11. The largest absolute Gasteiger partial charge is 0.399 e. The Morgan fingerprint density at radius 3 is 2.72 bits per heavy atom. The van der Waals surface area contributed by atoms with Gasteiger partial charge < -0.3 is 21.1 Å². The van der Waals surface area contributed by atoms with Crippen LogP contribution in [0.25, 0.3) is 0 Å². The van der Waals surface area contributed by atoms with Gasteiger partial charge in [-0.3, -0.25) is 4.79 Å². The first-order valence-electron chi connectivity index (χ1n) is 6.02. The predicted octanol–water partition coefficient (Wildman–Crippen LogP) is 0.543. The van der Waals surface area contributed by atoms with Crippen LogP contribution in [0.1, 0.15) is 15.9 Å². The van der Waals surface area contributed by atoms with Crippen molar-refractivity contribution < 1.29 is 9.53 Å². The fraction of sp³-hybridized carbons (Fsp3) is 0.462. The molecule has 0 aliphatic carbocycles. The molecule has 0 unspecified atom stereocenters. The molecule has 18 heavy (non-hydrogen) atoms. The second-order valence-electron chi connectivity index (χ2n) is 4.05. The molecule has 0 bridgehead atoms. The van der Waals surface area contributed by atoms with Crippen molar-refractivity contribution in [1.29, 1.82) is 0 Å². The van der Waals surface area contributed by atoms with Crippen LogP contribution in [0.4, 0.5) is 5.69 Å². The number of nitrogens with one attached hydrogen (secondary N) is 2. The van der Waals surface area contributed by atoms with E-state index >= 15 is 0 Å². The quantitative estimate of drug-likeness (QED) is 0.488. The van der Waals surface area contributed by atoms with Crippen LogP contribution in [-0.4, -0.2) is 39.3 Å². The molecular formula is C13H21N3O2. The first-order chi connectivity index (χ1) is 8.65. The molecule has 0 atom stereocenters. The van der Waals surface area contributed by atoms with Gasteiger partial charge in [0.05, 0.1) is 13.2 Å². The number of likely N-dealkylation sites (N-methyl/N-ethyl adjacent to an activating group) is 1. The zero-order chi connectivity index (χ0) is 13.4. The molecule has 5 nitrogen and oxygen atoms in total. The van der Waals surface area contributed by atoms with Crippen molar-refractivity contribution in [1.82, 2.24) is 10.6 Å². The van der Waals surface area contributed by atoms with E-state index in [9.17, 15) is 4.79 Å². The molecule has 0 spiro atoms. The van der Waals surface area contributed by atoms with E-state index in [1.807, 2.05) is 14.0 Å². The van der Waals surface area contributed by atoms with Gasteiger partial charge in [0, 0.05) is 24.3 Å². The molecule has 0 aliphatic rings. The van der Waals surface area contributed by atoms with E-state index in [1.54, 1.807) is 18.2 Å². The van der Waals surface area contributed by atoms with Crippen molar-refractivity contribution in [3.8, 4) is 0 Å². The number of nitrogens with two attached hydrogens (primary N) is 1. The lowest BCUT2D eigenvalue weighted by molar-refractivity contribution is 0.0917. The Morgan fingerprint density at radius 2 is 2.06 bits per heavy atom. The van der Waals surface area contributed by atoms with Crippen molar-refractivity contribution in [2.75, 3.05) is 39.1 Å². The minimum absolute atomic E-state index is 0.0929. The van der Waals surface area contributed by atoms with E-state index in [2.05, 4.69) is 10.6 Å². The molecule has 1 aromatic rings. The van der Waals surface area contributed by atoms with Gasteiger partial charge >= 0.3 is 0 Å². The Kier molecular flexibility index (Phi) is 6.18. The molecule has 100 valence electrons. The van der Waals surface area contributed by atoms with Crippen LogP contribution in [-0.2, 0) is 4.74 Å². The summed E-state index contributed by atoms with van der Waals surface area (Å²) in [7, 11) is 1.87. The normalized spacial score (nSPS) is 10.3. The fourth-order valence-electron chi connectivity index (χ4n) is 1.55. The fourth-order valence-corrected chi connectivity index (χ4v) is 1.55. The van der Waals surface area contributed by atoms with E-state index in [0.29, 0.717) is 31.0 Å². The number of rotatable bonds is 7. The maximum absolute atomic E-state index is 11.8. The third-order valence-electron chi connectivity index (χ3n) is 2.52. The van der Waals surface area contributed by atoms with Crippen LogP contribution in [0.5, 0.6) is 0 Å². The summed E-state index contributed by atoms with van der Waals surface area (Å²) in [5.41, 5.74) is 7.83. The van der Waals surface area contributed by atoms with Crippen molar-refractivity contribution >= 4 is 11.6 Å². The summed E-state index contributed by atoms with van der Waals surface area (Å²) >= 11 is 0. The first-order valence-corrected chi connectivity index (χ1v) is 6.02. The number of nitrogen functional groups attached to an aromatic ring is 1. The van der Waals surface area contributed by atoms with Crippen molar-refractivity contribution in [3.05, 3.63) is 29.3 Å². The summed E-state index contributed by atoms with van der Waals surface area (Å²) in [4.78, 5) is 11.8. The van der Waals surface area contributed by atoms with Crippen LogP contribution in [0.2, 0.25) is 0 Å². The highest BCUT2D eigenvalue weighted by molar-refractivity contribution is 5.95. The summed E-state index contributed by atoms with van der Waals surface area (Å²) in [5, 5.41) is 5.79. The molecular weight excluding hydrogens is 230 g/mol. The average molecular weight is 251 g/mol. The molecule has 1 amide bonds. The monoisotopic (exact) mass is 251 g/mol. The van der Waals surface area contributed by atoms with Gasteiger partial charge in [0.15, 0.2) is 0 Å². The zero-order valence-electron chi connectivity index (χ0n) is 11.0. The number of aryl methyl sites for hydroxylation is 1. The maximum atomic E-state index is 11.8. The third kappa shape index (κ3) is 4.73. The Hall–Kier alpha value is -1.59. The predicted molar refractivity (Wildman–Crippen MR) is 72.7 cm³/mol. The molecule has 0 fully saturated rings. The highest BCUT2D eigenvalue weighted by Gasteiger charge is 2.07. The molecule has 0 radical (unpaired) electrons. The number of anilines is 1. The van der Waals surface area contributed by atoms with E-state index < -0.39 is 0 Å². The summed E-state index contributed by atoms with van der Waals surface area (Å²) < 4.78 is 5.31. The van der Waals surface area contributed by atoms with E-state index in [-0.39, 0.29) is 5.91 Å². The van der Waals surface area contributed by atoms with Crippen molar-refractivity contribution in [2.45, 2.75) is 6.92 Å². The van der Waals surface area contributed by atoms with Crippen LogP contribution >= 0.6 is 0 Å². The molecule has 1 aromatic carbocycles. The van der Waals surface area contributed by atoms with Gasteiger partial charge in [-0.25, -0.2) is 0 Å². The molecule has 0 aliphatic heterocycles. The zero-order valence-corrected chi connectivity index (χ0v) is 11.0. The summed E-state index contributed by atoms with van der Waals surface area (Å²) in [5.74, 6) is -0.0929. The standard InChI is InChI=1S/C13H21N3O2/c1-10-9-11(14)3-4-12(10)13(17)16-6-8-18-7-5-15-2/h3-4,9,15H,5-8,14H2,1-2H3,(H,16,17). The molecule has 0 saturated heterocycles. The Labute approximate surface area is 108 Å². The highest BCUT2D eigenvalue weighted by atomic mass is 16.5. The van der Waals surface area contributed by atoms with E-state index in [0.717, 1.165) is 12.1 Å². The molecule has 5 heteroatoms. The van der Waals surface area contributed by atoms with Crippen LogP contribution < -0.4 is 16.4 Å². The number of carbonyl (C=O) groups excluding carboxylic acids is 1. The number of amides is 1. The summed E-state index contributed by atoms with van der Waals surface area (Å²) in [6, 6.07) is 5.26. The smallest absolute Gasteiger partial charge is 0.251 e. The molecule has 1 rings (SSSR count). The SMILES string of the molecule is CNCCOCCNC(=O)c1ccc(N)cc1C. The second kappa shape index (κ2) is 7.68. The number of hydrogen-bond acceptors (Lipinski definition) is 4. The Morgan fingerprint density at radius 1 is 1.33 bits per heavy atom. The van der Waals surface area contributed by atoms with E-state index in [1.165, 1.54) is 0 Å². The van der Waals surface area contributed by atoms with Gasteiger partial charge in [-0.1, -0.05) is 0 Å². The third-order valence-corrected chi connectivity index (χ3v) is 2.52. The number of hydrogen-bond donors (Lipinski definition) is 3. The topological polar surface area (TPSA) is 76.4 Å². The number of ether oxygens (including phenoxy) is 1. The first kappa shape index (κ1) is 14.5. The lowest BCUT2D eigenvalue weighted by Crippen LogP contribution is -2.28. The van der Waals surface area contributed by atoms with Crippen LogP contribution in [0.3, 0.4) is 0 Å². The van der Waals surface area contributed by atoms with Gasteiger partial charge in [0.2, 0.25) is 0 Å². The minimum atomic E-state index is -0.0929. The van der Waals surface area contributed by atoms with Gasteiger partial charge in [0.25, 0.3) is 5.91 Å². The van der Waals surface area contributed by atoms with Gasteiger partial charge in [-0.2, -0.15) is 0 Å². The number of carbonyl (C=O) groups is 1. The van der Waals surface area contributed by atoms with Gasteiger partial charge in [0.1, 0.15) is 0 Å². The van der Waals surface area contributed by atoms with Crippen LogP contribution in [0.15, 0.2) is 18.2 Å². The van der Waals surface area contributed by atoms with E-state index in [4.69, 9.17) is 10.5 Å².